The predicted molar refractivity (Wildman–Crippen MR) is 86.4 cm³/mol. The highest BCUT2D eigenvalue weighted by atomic mass is 16.2. The summed E-state index contributed by atoms with van der Waals surface area (Å²) in [6.07, 6.45) is 1.96. The molecule has 21 heavy (non-hydrogen) atoms. The Morgan fingerprint density at radius 3 is 2.52 bits per heavy atom. The molecule has 0 unspecified atom stereocenters. The van der Waals surface area contributed by atoms with Gasteiger partial charge in [-0.15, -0.1) is 0 Å². The van der Waals surface area contributed by atoms with Crippen LogP contribution >= 0.6 is 0 Å². The number of amides is 1. The number of rotatable bonds is 7. The van der Waals surface area contributed by atoms with Gasteiger partial charge in [-0.1, -0.05) is 26.0 Å². The molecule has 0 radical (unpaired) electrons. The van der Waals surface area contributed by atoms with Crippen LogP contribution in [0.15, 0.2) is 24.3 Å². The number of carbonyl (C=O) groups is 1. The molecule has 1 amide bonds. The SMILES string of the molecule is CCCN(CCC)C(=O)Cn1c(NC)nc2ccccc21. The van der Waals surface area contributed by atoms with Crippen molar-refractivity contribution >= 4 is 22.9 Å². The van der Waals surface area contributed by atoms with Gasteiger partial charge in [-0.3, -0.25) is 4.79 Å². The Morgan fingerprint density at radius 1 is 1.24 bits per heavy atom. The molecule has 0 saturated heterocycles. The number of hydrogen-bond donors (Lipinski definition) is 1. The van der Waals surface area contributed by atoms with E-state index in [9.17, 15) is 4.79 Å². The zero-order valence-corrected chi connectivity index (χ0v) is 13.1. The molecule has 0 aliphatic rings. The minimum Gasteiger partial charge on any atom is -0.359 e. The van der Waals surface area contributed by atoms with E-state index in [0.717, 1.165) is 42.9 Å². The van der Waals surface area contributed by atoms with E-state index in [1.807, 2.05) is 40.8 Å². The fourth-order valence-electron chi connectivity index (χ4n) is 2.56. The number of nitrogens with one attached hydrogen (secondary N) is 1. The van der Waals surface area contributed by atoms with Gasteiger partial charge in [-0.25, -0.2) is 4.98 Å². The second-order valence-electron chi connectivity index (χ2n) is 5.14. The number of hydrogen-bond acceptors (Lipinski definition) is 3. The number of fused-ring (bicyclic) bond motifs is 1. The van der Waals surface area contributed by atoms with Gasteiger partial charge in [0.2, 0.25) is 11.9 Å². The van der Waals surface area contributed by atoms with Crippen LogP contribution in [-0.2, 0) is 11.3 Å². The molecule has 1 N–H and O–H groups in total. The van der Waals surface area contributed by atoms with Crippen molar-refractivity contribution in [2.45, 2.75) is 33.2 Å². The van der Waals surface area contributed by atoms with Crippen molar-refractivity contribution in [1.29, 1.82) is 0 Å². The summed E-state index contributed by atoms with van der Waals surface area (Å²) in [6, 6.07) is 7.90. The molecule has 5 heteroatoms. The molecule has 0 bridgehead atoms. The summed E-state index contributed by atoms with van der Waals surface area (Å²) in [5, 5.41) is 3.07. The number of benzene rings is 1. The molecule has 0 spiro atoms. The van der Waals surface area contributed by atoms with Gasteiger partial charge in [-0.2, -0.15) is 0 Å². The van der Waals surface area contributed by atoms with E-state index in [1.54, 1.807) is 0 Å². The lowest BCUT2D eigenvalue weighted by atomic mass is 10.3. The van der Waals surface area contributed by atoms with Crippen LogP contribution in [0.2, 0.25) is 0 Å². The van der Waals surface area contributed by atoms with Gasteiger partial charge in [0, 0.05) is 20.1 Å². The largest absolute Gasteiger partial charge is 0.359 e. The standard InChI is InChI=1S/C16H24N4O/c1-4-10-19(11-5-2)15(21)12-20-14-9-7-6-8-13(14)18-16(20)17-3/h6-9H,4-5,10-12H2,1-3H3,(H,17,18). The van der Waals surface area contributed by atoms with Crippen LogP contribution in [0, 0.1) is 0 Å². The number of anilines is 1. The van der Waals surface area contributed by atoms with Crippen molar-refractivity contribution < 1.29 is 4.79 Å². The number of para-hydroxylation sites is 2. The number of carbonyl (C=O) groups excluding carboxylic acids is 1. The molecule has 2 rings (SSSR count). The first-order valence-corrected chi connectivity index (χ1v) is 7.62. The zero-order valence-electron chi connectivity index (χ0n) is 13.1. The summed E-state index contributed by atoms with van der Waals surface area (Å²) in [6.45, 7) is 6.15. The first-order valence-electron chi connectivity index (χ1n) is 7.62. The summed E-state index contributed by atoms with van der Waals surface area (Å²) in [5.74, 6) is 0.885. The predicted octanol–water partition coefficient (Wildman–Crippen LogP) is 2.73. The highest BCUT2D eigenvalue weighted by molar-refractivity contribution is 5.83. The highest BCUT2D eigenvalue weighted by Crippen LogP contribution is 2.19. The fourth-order valence-corrected chi connectivity index (χ4v) is 2.56. The molecule has 0 aliphatic heterocycles. The Bertz CT molecular complexity index is 599. The van der Waals surface area contributed by atoms with Crippen LogP contribution in [0.25, 0.3) is 11.0 Å². The van der Waals surface area contributed by atoms with E-state index in [2.05, 4.69) is 24.1 Å². The van der Waals surface area contributed by atoms with Crippen molar-refractivity contribution in [3.63, 3.8) is 0 Å². The third kappa shape index (κ3) is 3.35. The molecule has 1 heterocycles. The van der Waals surface area contributed by atoms with Crippen LogP contribution in [0.4, 0.5) is 5.95 Å². The fraction of sp³-hybridized carbons (Fsp3) is 0.500. The summed E-state index contributed by atoms with van der Waals surface area (Å²) < 4.78 is 1.95. The molecular formula is C16H24N4O. The monoisotopic (exact) mass is 288 g/mol. The van der Waals surface area contributed by atoms with Crippen molar-refractivity contribution in [2.24, 2.45) is 0 Å². The molecule has 114 valence electrons. The molecular weight excluding hydrogens is 264 g/mol. The van der Waals surface area contributed by atoms with Crippen LogP contribution in [-0.4, -0.2) is 40.5 Å². The number of nitrogens with zero attached hydrogens (tertiary/aromatic N) is 3. The van der Waals surface area contributed by atoms with Crippen molar-refractivity contribution in [1.82, 2.24) is 14.5 Å². The van der Waals surface area contributed by atoms with E-state index in [4.69, 9.17) is 0 Å². The van der Waals surface area contributed by atoms with Crippen molar-refractivity contribution in [2.75, 3.05) is 25.5 Å². The molecule has 1 aromatic carbocycles. The first kappa shape index (κ1) is 15.4. The second kappa shape index (κ2) is 7.11. The van der Waals surface area contributed by atoms with Crippen LogP contribution < -0.4 is 5.32 Å². The summed E-state index contributed by atoms with van der Waals surface area (Å²) in [5.41, 5.74) is 1.90. The molecule has 0 saturated carbocycles. The van der Waals surface area contributed by atoms with Gasteiger partial charge in [0.25, 0.3) is 0 Å². The van der Waals surface area contributed by atoms with Crippen molar-refractivity contribution in [3.8, 4) is 0 Å². The molecule has 2 aromatic rings. The molecule has 5 nitrogen and oxygen atoms in total. The van der Waals surface area contributed by atoms with Crippen molar-refractivity contribution in [3.05, 3.63) is 24.3 Å². The Morgan fingerprint density at radius 2 is 1.90 bits per heavy atom. The molecule has 0 fully saturated rings. The third-order valence-corrected chi connectivity index (χ3v) is 3.51. The Balaban J connectivity index is 2.27. The lowest BCUT2D eigenvalue weighted by molar-refractivity contribution is -0.131. The summed E-state index contributed by atoms with van der Waals surface area (Å²) in [4.78, 5) is 19.0. The molecule has 1 aromatic heterocycles. The van der Waals surface area contributed by atoms with Gasteiger partial charge in [0.1, 0.15) is 6.54 Å². The van der Waals surface area contributed by atoms with Crippen LogP contribution in [0.5, 0.6) is 0 Å². The van der Waals surface area contributed by atoms with Gasteiger partial charge in [-0.05, 0) is 25.0 Å². The smallest absolute Gasteiger partial charge is 0.242 e. The topological polar surface area (TPSA) is 50.2 Å². The molecule has 0 atom stereocenters. The average molecular weight is 288 g/mol. The quantitative estimate of drug-likeness (QED) is 0.852. The van der Waals surface area contributed by atoms with Crippen LogP contribution in [0.1, 0.15) is 26.7 Å². The normalized spacial score (nSPS) is 10.8. The number of imidazole rings is 1. The summed E-state index contributed by atoms with van der Waals surface area (Å²) >= 11 is 0. The minimum absolute atomic E-state index is 0.151. The third-order valence-electron chi connectivity index (χ3n) is 3.51. The maximum Gasteiger partial charge on any atom is 0.242 e. The van der Waals surface area contributed by atoms with E-state index in [-0.39, 0.29) is 5.91 Å². The van der Waals surface area contributed by atoms with E-state index < -0.39 is 0 Å². The Kier molecular flexibility index (Phi) is 5.20. The summed E-state index contributed by atoms with van der Waals surface area (Å²) in [7, 11) is 1.83. The number of aromatic nitrogens is 2. The van der Waals surface area contributed by atoms with E-state index in [0.29, 0.717) is 6.54 Å². The maximum absolute atomic E-state index is 12.6. The van der Waals surface area contributed by atoms with Gasteiger partial charge >= 0.3 is 0 Å². The molecule has 0 aliphatic carbocycles. The van der Waals surface area contributed by atoms with E-state index >= 15 is 0 Å². The lowest BCUT2D eigenvalue weighted by Gasteiger charge is -2.22. The van der Waals surface area contributed by atoms with Gasteiger partial charge in [0.15, 0.2) is 0 Å². The van der Waals surface area contributed by atoms with Gasteiger partial charge < -0.3 is 14.8 Å². The van der Waals surface area contributed by atoms with Crippen LogP contribution in [0.3, 0.4) is 0 Å². The maximum atomic E-state index is 12.6. The Labute approximate surface area is 126 Å². The highest BCUT2D eigenvalue weighted by Gasteiger charge is 2.16. The second-order valence-corrected chi connectivity index (χ2v) is 5.14. The zero-order chi connectivity index (χ0) is 15.2. The Hall–Kier alpha value is -2.04. The minimum atomic E-state index is 0.151. The first-order chi connectivity index (χ1) is 10.2. The van der Waals surface area contributed by atoms with E-state index in [1.165, 1.54) is 0 Å². The lowest BCUT2D eigenvalue weighted by Crippen LogP contribution is -2.35. The average Bonchev–Trinajstić information content (AvgIpc) is 2.85. The van der Waals surface area contributed by atoms with Gasteiger partial charge in [0.05, 0.1) is 11.0 Å².